The molecule has 1 atom stereocenters. The van der Waals surface area contributed by atoms with E-state index in [4.69, 9.17) is 4.74 Å². The van der Waals surface area contributed by atoms with Crippen LogP contribution >= 0.6 is 0 Å². The molecule has 0 spiro atoms. The summed E-state index contributed by atoms with van der Waals surface area (Å²) in [6, 6.07) is 4.45. The summed E-state index contributed by atoms with van der Waals surface area (Å²) in [5.74, 6) is 0.666. The molecule has 0 aromatic heterocycles. The SMILES string of the molecule is COc1ccc(NS(=O)(=O)N2CCCC(C)C2)c(O)c1. The molecule has 0 radical (unpaired) electrons. The van der Waals surface area contributed by atoms with Crippen LogP contribution < -0.4 is 9.46 Å². The van der Waals surface area contributed by atoms with Gasteiger partial charge >= 0.3 is 10.2 Å². The molecule has 1 aliphatic rings. The standard InChI is InChI=1S/C13H20N2O4S/c1-10-4-3-7-15(9-10)20(17,18)14-12-6-5-11(19-2)8-13(12)16/h5-6,8,10,14,16H,3-4,7,9H2,1-2H3. The van der Waals surface area contributed by atoms with Crippen LogP contribution in [0.2, 0.25) is 0 Å². The molecule has 1 unspecified atom stereocenters. The number of aromatic hydroxyl groups is 1. The topological polar surface area (TPSA) is 78.9 Å². The average Bonchev–Trinajstić information content (AvgIpc) is 2.41. The number of anilines is 1. The molecule has 1 aromatic rings. The summed E-state index contributed by atoms with van der Waals surface area (Å²) in [4.78, 5) is 0. The molecule has 1 aromatic carbocycles. The lowest BCUT2D eigenvalue weighted by atomic mass is 10.0. The van der Waals surface area contributed by atoms with Gasteiger partial charge in [0.1, 0.15) is 11.5 Å². The molecule has 7 heteroatoms. The Labute approximate surface area is 119 Å². The van der Waals surface area contributed by atoms with Crippen molar-refractivity contribution in [1.29, 1.82) is 0 Å². The zero-order valence-corrected chi connectivity index (χ0v) is 12.5. The first kappa shape index (κ1) is 14.9. The lowest BCUT2D eigenvalue weighted by molar-refractivity contribution is 0.282. The average molecular weight is 300 g/mol. The Morgan fingerprint density at radius 2 is 2.20 bits per heavy atom. The second-order valence-corrected chi connectivity index (χ2v) is 6.77. The zero-order chi connectivity index (χ0) is 14.8. The largest absolute Gasteiger partial charge is 0.506 e. The maximum Gasteiger partial charge on any atom is 0.301 e. The number of hydrogen-bond acceptors (Lipinski definition) is 4. The van der Waals surface area contributed by atoms with E-state index >= 15 is 0 Å². The van der Waals surface area contributed by atoms with Gasteiger partial charge in [0.05, 0.1) is 12.8 Å². The molecule has 0 amide bonds. The number of phenolic OH excluding ortho intramolecular Hbond substituents is 1. The number of ether oxygens (including phenoxy) is 1. The third-order valence-electron chi connectivity index (χ3n) is 3.40. The van der Waals surface area contributed by atoms with E-state index in [1.807, 2.05) is 6.92 Å². The summed E-state index contributed by atoms with van der Waals surface area (Å²) < 4.78 is 33.4. The zero-order valence-electron chi connectivity index (χ0n) is 11.7. The number of rotatable bonds is 4. The van der Waals surface area contributed by atoms with Crippen LogP contribution in [0.5, 0.6) is 11.5 Å². The number of phenols is 1. The van der Waals surface area contributed by atoms with Gasteiger partial charge in [0, 0.05) is 19.2 Å². The van der Waals surface area contributed by atoms with Gasteiger partial charge in [-0.2, -0.15) is 12.7 Å². The van der Waals surface area contributed by atoms with Gasteiger partial charge in [-0.3, -0.25) is 4.72 Å². The second kappa shape index (κ2) is 5.88. The lowest BCUT2D eigenvalue weighted by Gasteiger charge is -2.30. The number of hydrogen-bond donors (Lipinski definition) is 2. The molecule has 1 aliphatic heterocycles. The summed E-state index contributed by atoms with van der Waals surface area (Å²) in [5, 5.41) is 9.81. The van der Waals surface area contributed by atoms with Crippen molar-refractivity contribution in [2.45, 2.75) is 19.8 Å². The molecule has 0 saturated carbocycles. The van der Waals surface area contributed by atoms with Gasteiger partial charge < -0.3 is 9.84 Å². The van der Waals surface area contributed by atoms with Crippen molar-refractivity contribution in [2.24, 2.45) is 5.92 Å². The molecule has 112 valence electrons. The van der Waals surface area contributed by atoms with E-state index in [2.05, 4.69) is 4.72 Å². The van der Waals surface area contributed by atoms with Crippen LogP contribution in [-0.2, 0) is 10.2 Å². The van der Waals surface area contributed by atoms with Gasteiger partial charge in [-0.15, -0.1) is 0 Å². The first-order valence-corrected chi connectivity index (χ1v) is 8.01. The smallest absolute Gasteiger partial charge is 0.301 e. The minimum absolute atomic E-state index is 0.155. The van der Waals surface area contributed by atoms with E-state index in [1.165, 1.54) is 23.5 Å². The highest BCUT2D eigenvalue weighted by Crippen LogP contribution is 2.29. The molecule has 1 fully saturated rings. The normalized spacial score (nSPS) is 20.6. The fourth-order valence-electron chi connectivity index (χ4n) is 2.29. The molecule has 0 bridgehead atoms. The van der Waals surface area contributed by atoms with Crippen molar-refractivity contribution in [2.75, 3.05) is 24.9 Å². The molecular weight excluding hydrogens is 280 g/mol. The Morgan fingerprint density at radius 1 is 1.45 bits per heavy atom. The van der Waals surface area contributed by atoms with Crippen molar-refractivity contribution in [1.82, 2.24) is 4.31 Å². The second-order valence-electron chi connectivity index (χ2n) is 5.10. The third kappa shape index (κ3) is 3.34. The molecule has 20 heavy (non-hydrogen) atoms. The van der Waals surface area contributed by atoms with Gasteiger partial charge in [-0.25, -0.2) is 0 Å². The van der Waals surface area contributed by atoms with Gasteiger partial charge in [-0.05, 0) is 30.9 Å². The number of piperidine rings is 1. The predicted octanol–water partition coefficient (Wildman–Crippen LogP) is 1.79. The third-order valence-corrected chi connectivity index (χ3v) is 4.89. The van der Waals surface area contributed by atoms with E-state index < -0.39 is 10.2 Å². The summed E-state index contributed by atoms with van der Waals surface area (Å²) in [5.41, 5.74) is 0.157. The number of methoxy groups -OCH3 is 1. The van der Waals surface area contributed by atoms with E-state index in [0.717, 1.165) is 12.8 Å². The van der Waals surface area contributed by atoms with E-state index in [9.17, 15) is 13.5 Å². The van der Waals surface area contributed by atoms with Crippen LogP contribution in [0.25, 0.3) is 0 Å². The van der Waals surface area contributed by atoms with Gasteiger partial charge in [0.15, 0.2) is 0 Å². The predicted molar refractivity (Wildman–Crippen MR) is 77.2 cm³/mol. The van der Waals surface area contributed by atoms with Crippen LogP contribution in [0.3, 0.4) is 0 Å². The maximum absolute atomic E-state index is 12.3. The fourth-order valence-corrected chi connectivity index (χ4v) is 3.69. The van der Waals surface area contributed by atoms with E-state index in [1.54, 1.807) is 6.07 Å². The first-order valence-electron chi connectivity index (χ1n) is 6.57. The Bertz CT molecular complexity index is 574. The van der Waals surface area contributed by atoms with E-state index in [-0.39, 0.29) is 11.4 Å². The Balaban J connectivity index is 2.15. The molecule has 2 N–H and O–H groups in total. The highest BCUT2D eigenvalue weighted by Gasteiger charge is 2.27. The summed E-state index contributed by atoms with van der Waals surface area (Å²) in [6.07, 6.45) is 1.90. The number of nitrogens with zero attached hydrogens (tertiary/aromatic N) is 1. The lowest BCUT2D eigenvalue weighted by Crippen LogP contribution is -2.42. The number of nitrogens with one attached hydrogen (secondary N) is 1. The molecule has 1 saturated heterocycles. The minimum Gasteiger partial charge on any atom is -0.506 e. The van der Waals surface area contributed by atoms with Crippen LogP contribution in [0, 0.1) is 5.92 Å². The first-order chi connectivity index (χ1) is 9.42. The molecular formula is C13H20N2O4S. The molecule has 0 aliphatic carbocycles. The molecule has 2 rings (SSSR count). The summed E-state index contributed by atoms with van der Waals surface area (Å²) >= 11 is 0. The summed E-state index contributed by atoms with van der Waals surface area (Å²) in [7, 11) is -2.15. The van der Waals surface area contributed by atoms with Crippen molar-refractivity contribution in [3.63, 3.8) is 0 Å². The maximum atomic E-state index is 12.3. The monoisotopic (exact) mass is 300 g/mol. The van der Waals surface area contributed by atoms with Crippen LogP contribution in [0.1, 0.15) is 19.8 Å². The van der Waals surface area contributed by atoms with Crippen molar-refractivity contribution >= 4 is 15.9 Å². The van der Waals surface area contributed by atoms with E-state index in [0.29, 0.717) is 24.8 Å². The fraction of sp³-hybridized carbons (Fsp3) is 0.538. The molecule has 1 heterocycles. The summed E-state index contributed by atoms with van der Waals surface area (Å²) in [6.45, 7) is 3.05. The Hall–Kier alpha value is -1.47. The Kier molecular flexibility index (Phi) is 4.39. The van der Waals surface area contributed by atoms with Crippen molar-refractivity contribution in [3.05, 3.63) is 18.2 Å². The highest BCUT2D eigenvalue weighted by atomic mass is 32.2. The van der Waals surface area contributed by atoms with Gasteiger partial charge in [-0.1, -0.05) is 6.92 Å². The van der Waals surface area contributed by atoms with Crippen LogP contribution in [0.15, 0.2) is 18.2 Å². The highest BCUT2D eigenvalue weighted by molar-refractivity contribution is 7.90. The van der Waals surface area contributed by atoms with Crippen molar-refractivity contribution < 1.29 is 18.3 Å². The Morgan fingerprint density at radius 3 is 2.80 bits per heavy atom. The minimum atomic E-state index is -3.63. The van der Waals surface area contributed by atoms with Gasteiger partial charge in [0.2, 0.25) is 0 Å². The van der Waals surface area contributed by atoms with Crippen molar-refractivity contribution in [3.8, 4) is 11.5 Å². The number of benzene rings is 1. The van der Waals surface area contributed by atoms with Crippen LogP contribution in [-0.4, -0.2) is 38.0 Å². The van der Waals surface area contributed by atoms with Gasteiger partial charge in [0.25, 0.3) is 0 Å². The molecule has 6 nitrogen and oxygen atoms in total. The quantitative estimate of drug-likeness (QED) is 0.831. The van der Waals surface area contributed by atoms with Crippen LogP contribution in [0.4, 0.5) is 5.69 Å².